The molecule has 2 bridgehead atoms. The molecular weight excluding hydrogens is 406 g/mol. The van der Waals surface area contributed by atoms with Crippen LogP contribution in [0.3, 0.4) is 0 Å². The number of ether oxygens (including phenoxy) is 1. The number of anilines is 2. The van der Waals surface area contributed by atoms with Crippen LogP contribution in [0.15, 0.2) is 48.5 Å². The van der Waals surface area contributed by atoms with Gasteiger partial charge < -0.3 is 15.0 Å². The van der Waals surface area contributed by atoms with Crippen molar-refractivity contribution in [1.82, 2.24) is 29.9 Å². The van der Waals surface area contributed by atoms with E-state index in [0.717, 1.165) is 29.6 Å². The van der Waals surface area contributed by atoms with Crippen molar-refractivity contribution >= 4 is 34.1 Å². The lowest BCUT2D eigenvalue weighted by molar-refractivity contribution is -0.00715. The van der Waals surface area contributed by atoms with Gasteiger partial charge in [0.25, 0.3) is 5.91 Å². The molecule has 2 fully saturated rings. The number of rotatable bonds is 3. The molecule has 0 aliphatic carbocycles. The summed E-state index contributed by atoms with van der Waals surface area (Å²) in [7, 11) is 0. The molecule has 2 aromatic heterocycles. The van der Waals surface area contributed by atoms with Gasteiger partial charge in [-0.05, 0) is 59.7 Å². The van der Waals surface area contributed by atoms with Gasteiger partial charge >= 0.3 is 0 Å². The molecule has 164 valence electrons. The van der Waals surface area contributed by atoms with Gasteiger partial charge in [-0.25, -0.2) is 4.98 Å². The lowest BCUT2D eigenvalue weighted by atomic mass is 10.1. The van der Waals surface area contributed by atoms with Crippen molar-refractivity contribution in [1.29, 1.82) is 0 Å². The van der Waals surface area contributed by atoms with Crippen LogP contribution in [-0.2, 0) is 4.74 Å². The maximum absolute atomic E-state index is 13.0. The first kappa shape index (κ1) is 20.3. The molecule has 0 radical (unpaired) electrons. The fraction of sp³-hybridized carbons (Fsp3) is 0.348. The number of hydrogen-bond acceptors (Lipinski definition) is 7. The van der Waals surface area contributed by atoms with Crippen LogP contribution in [0, 0.1) is 0 Å². The monoisotopic (exact) mass is 431 g/mol. The first-order valence-electron chi connectivity index (χ1n) is 11.0. The number of amides is 1. The lowest BCUT2D eigenvalue weighted by Crippen LogP contribution is -2.49. The van der Waals surface area contributed by atoms with Gasteiger partial charge in [-0.3, -0.25) is 4.79 Å². The Kier molecular flexibility index (Phi) is 5.40. The predicted octanol–water partition coefficient (Wildman–Crippen LogP) is 3.45. The molecule has 2 aliphatic rings. The number of morpholine rings is 1. The topological polar surface area (TPSA) is 97.5 Å². The summed E-state index contributed by atoms with van der Waals surface area (Å²) in [6.07, 6.45) is 2.04. The molecule has 2 unspecified atom stereocenters. The Balaban J connectivity index is 0.00000105. The Hall–Kier alpha value is -3.59. The zero-order valence-corrected chi connectivity index (χ0v) is 18.1. The van der Waals surface area contributed by atoms with E-state index in [-0.39, 0.29) is 18.0 Å². The fourth-order valence-corrected chi connectivity index (χ4v) is 4.43. The molecule has 2 aromatic carbocycles. The predicted molar refractivity (Wildman–Crippen MR) is 121 cm³/mol. The number of tetrazole rings is 1. The first-order valence-corrected chi connectivity index (χ1v) is 11.0. The Morgan fingerprint density at radius 1 is 1.03 bits per heavy atom. The molecule has 4 aromatic rings. The van der Waals surface area contributed by atoms with Gasteiger partial charge in [0.15, 0.2) is 5.82 Å². The molecule has 32 heavy (non-hydrogen) atoms. The Bertz CT molecular complexity index is 1240. The maximum atomic E-state index is 13.0. The minimum atomic E-state index is 0.0743. The van der Waals surface area contributed by atoms with Crippen LogP contribution in [0.2, 0.25) is 0 Å². The number of nitrogens with one attached hydrogen (secondary N) is 1. The number of para-hydroxylation sites is 2. The Morgan fingerprint density at radius 3 is 2.50 bits per heavy atom. The second-order valence-corrected chi connectivity index (χ2v) is 7.70. The van der Waals surface area contributed by atoms with Crippen molar-refractivity contribution in [3.8, 4) is 0 Å². The van der Waals surface area contributed by atoms with Crippen LogP contribution in [0.5, 0.6) is 0 Å². The molecule has 9 heteroatoms. The Labute approximate surface area is 185 Å². The van der Waals surface area contributed by atoms with Crippen LogP contribution < -0.4 is 5.32 Å². The van der Waals surface area contributed by atoms with Crippen LogP contribution >= 0.6 is 0 Å². The maximum Gasteiger partial charge on any atom is 0.254 e. The van der Waals surface area contributed by atoms with Crippen molar-refractivity contribution in [3.63, 3.8) is 0 Å². The largest absolute Gasteiger partial charge is 0.377 e. The zero-order valence-electron chi connectivity index (χ0n) is 18.1. The van der Waals surface area contributed by atoms with Gasteiger partial charge in [0.1, 0.15) is 0 Å². The van der Waals surface area contributed by atoms with E-state index in [0.29, 0.717) is 30.2 Å². The number of carbonyl (C=O) groups excluding carboxylic acids is 1. The minimum absolute atomic E-state index is 0.0743. The third-order valence-electron chi connectivity index (χ3n) is 5.89. The van der Waals surface area contributed by atoms with Crippen LogP contribution in [0.1, 0.15) is 37.0 Å². The average Bonchev–Trinajstić information content (AvgIpc) is 3.43. The van der Waals surface area contributed by atoms with E-state index >= 15 is 0 Å². The summed E-state index contributed by atoms with van der Waals surface area (Å²) in [5.74, 6) is 0.634. The van der Waals surface area contributed by atoms with E-state index in [1.165, 1.54) is 0 Å². The third kappa shape index (κ3) is 3.44. The minimum Gasteiger partial charge on any atom is -0.377 e. The van der Waals surface area contributed by atoms with E-state index < -0.39 is 0 Å². The quantitative estimate of drug-likeness (QED) is 0.531. The summed E-state index contributed by atoms with van der Waals surface area (Å²) in [4.78, 5) is 19.7. The van der Waals surface area contributed by atoms with Gasteiger partial charge in [-0.15, -0.1) is 5.10 Å². The van der Waals surface area contributed by atoms with Crippen molar-refractivity contribution in [2.75, 3.05) is 18.5 Å². The molecule has 0 spiro atoms. The van der Waals surface area contributed by atoms with Crippen molar-refractivity contribution in [3.05, 3.63) is 54.1 Å². The summed E-state index contributed by atoms with van der Waals surface area (Å²) in [6.45, 7) is 5.27. The van der Waals surface area contributed by atoms with Crippen LogP contribution in [-0.4, -0.2) is 61.1 Å². The highest BCUT2D eigenvalue weighted by molar-refractivity contribution is 5.95. The highest BCUT2D eigenvalue weighted by atomic mass is 16.5. The van der Waals surface area contributed by atoms with Gasteiger partial charge in [-0.2, -0.15) is 4.52 Å². The van der Waals surface area contributed by atoms with Gasteiger partial charge in [0.2, 0.25) is 5.65 Å². The number of benzene rings is 2. The fourth-order valence-electron chi connectivity index (χ4n) is 4.43. The average molecular weight is 432 g/mol. The van der Waals surface area contributed by atoms with Gasteiger partial charge in [0, 0.05) is 11.3 Å². The number of hydrogen-bond donors (Lipinski definition) is 1. The lowest BCUT2D eigenvalue weighted by Gasteiger charge is -2.34. The molecule has 1 N–H and O–H groups in total. The smallest absolute Gasteiger partial charge is 0.254 e. The second kappa shape index (κ2) is 8.51. The number of aromatic nitrogens is 5. The highest BCUT2D eigenvalue weighted by Gasteiger charge is 2.40. The molecule has 2 atom stereocenters. The van der Waals surface area contributed by atoms with Crippen molar-refractivity contribution in [2.45, 2.75) is 38.8 Å². The van der Waals surface area contributed by atoms with E-state index in [1.807, 2.05) is 67.3 Å². The summed E-state index contributed by atoms with van der Waals surface area (Å²) >= 11 is 0. The van der Waals surface area contributed by atoms with Crippen molar-refractivity contribution < 1.29 is 9.53 Å². The van der Waals surface area contributed by atoms with Gasteiger partial charge in [0.05, 0.1) is 36.3 Å². The highest BCUT2D eigenvalue weighted by Crippen LogP contribution is 2.31. The number of fused-ring (bicyclic) bond motifs is 5. The summed E-state index contributed by atoms with van der Waals surface area (Å²) in [5.41, 5.74) is 3.65. The Morgan fingerprint density at radius 2 is 1.75 bits per heavy atom. The molecule has 2 aliphatic heterocycles. The molecule has 0 saturated carbocycles. The van der Waals surface area contributed by atoms with E-state index in [2.05, 4.69) is 25.8 Å². The van der Waals surface area contributed by atoms with Crippen LogP contribution in [0.25, 0.3) is 16.7 Å². The summed E-state index contributed by atoms with van der Waals surface area (Å²) < 4.78 is 7.25. The van der Waals surface area contributed by atoms with E-state index in [4.69, 9.17) is 4.74 Å². The molecule has 2 saturated heterocycles. The molecule has 9 nitrogen and oxygen atoms in total. The van der Waals surface area contributed by atoms with E-state index in [9.17, 15) is 4.79 Å². The molecular formula is C23H25N7O2. The molecule has 1 amide bonds. The van der Waals surface area contributed by atoms with Crippen LogP contribution in [0.4, 0.5) is 11.5 Å². The SMILES string of the molecule is CC.O=C(c1ccc(Nc2nc3ccccc3n3nnnc23)cc1)N1C2CCC1COC2. The summed E-state index contributed by atoms with van der Waals surface area (Å²) in [5, 5.41) is 15.2. The molecule has 6 rings (SSSR count). The summed E-state index contributed by atoms with van der Waals surface area (Å²) in [6, 6.07) is 15.5. The van der Waals surface area contributed by atoms with E-state index in [1.54, 1.807) is 4.52 Å². The third-order valence-corrected chi connectivity index (χ3v) is 5.89. The standard InChI is InChI=1S/C21H19N7O2.C2H6/c29-21(27-15-9-10-16(27)12-30-11-15)13-5-7-14(8-6-13)22-19-20-24-25-26-28(20)18-4-2-1-3-17(18)23-19;1-2/h1-8,15-16H,9-12H2,(H,22,23);1-2H3. The number of carbonyl (C=O) groups is 1. The number of nitrogens with zero attached hydrogens (tertiary/aromatic N) is 6. The van der Waals surface area contributed by atoms with Crippen molar-refractivity contribution in [2.24, 2.45) is 0 Å². The molecule has 4 heterocycles. The first-order chi connectivity index (χ1) is 15.8. The van der Waals surface area contributed by atoms with Gasteiger partial charge in [-0.1, -0.05) is 26.0 Å². The zero-order chi connectivity index (χ0) is 22.1. The second-order valence-electron chi connectivity index (χ2n) is 7.70. The normalized spacial score (nSPS) is 19.6.